The molecule has 0 amide bonds. The van der Waals surface area contributed by atoms with E-state index in [1.165, 1.54) is 134 Å². The molecule has 5 heterocycles. The average Bonchev–Trinajstić information content (AvgIpc) is 3.81. The number of anilines is 7. The minimum Gasteiger partial charge on any atom is -0.440 e. The maximum atomic E-state index is 7.42. The third-order valence-electron chi connectivity index (χ3n) is 19.2. The second kappa shape index (κ2) is 13.5. The van der Waals surface area contributed by atoms with E-state index in [1.54, 1.807) is 5.56 Å². The maximum absolute atomic E-state index is 7.42. The van der Waals surface area contributed by atoms with Crippen LogP contribution < -0.4 is 31.1 Å². The quantitative estimate of drug-likeness (QED) is 0.161. The molecule has 4 aliphatic heterocycles. The minimum atomic E-state index is -0.109. The smallest absolute Gasteiger partial charge is 0.257 e. The number of benzene rings is 5. The van der Waals surface area contributed by atoms with E-state index in [9.17, 15) is 0 Å². The van der Waals surface area contributed by atoms with Crippen molar-refractivity contribution in [3.8, 4) is 0 Å². The molecule has 5 heteroatoms. The molecule has 0 saturated heterocycles. The average molecular weight is 888 g/mol. The summed E-state index contributed by atoms with van der Waals surface area (Å²) in [6.07, 6.45) is 9.74. The normalized spacial score (nSPS) is 26.1. The SMILES string of the molecule is Cc1cc(C(C)(C)C)cc(C)c1N1c2cc(N3c4ccc(C(C)(C)C)cc4C4(C)CCCCC34C)cc3c2B(c2cc(C(C)(C)C)cc4c2N3C2(C)CCCCC42C)c2c1oc1ccccc21. The topological polar surface area (TPSA) is 22.9 Å². The molecule has 2 saturated carbocycles. The number of hydrogen-bond donors (Lipinski definition) is 0. The van der Waals surface area contributed by atoms with E-state index >= 15 is 0 Å². The van der Waals surface area contributed by atoms with Gasteiger partial charge in [-0.3, -0.25) is 4.90 Å². The van der Waals surface area contributed by atoms with Gasteiger partial charge in [0.05, 0.1) is 16.8 Å². The van der Waals surface area contributed by atoms with Gasteiger partial charge in [-0.1, -0.05) is 156 Å². The lowest BCUT2D eigenvalue weighted by Gasteiger charge is -2.53. The standard InChI is InChI=1S/C62H74BN3O/c1-37-30-40(57(6,7)8)31-38(2)53(37)64-48-35-42(65-47-25-24-39(56(3,4)5)32-44(47)59(12)26-18-20-28-61(59,65)14)36-49-52(48)63(51-43-22-16-17-23-50(43)67-55(51)64)46-34-41(58(9,10)11)33-45-54(46)66(49)62(15)29-21-19-27-60(45,62)13/h16-17,22-25,30-36H,18-21,26-29H2,1-15H3. The van der Waals surface area contributed by atoms with Crippen LogP contribution in [-0.2, 0) is 27.1 Å². The fraction of sp³-hybridized carbons (Fsp3) is 0.484. The van der Waals surface area contributed by atoms with Gasteiger partial charge in [-0.25, -0.2) is 0 Å². The zero-order chi connectivity index (χ0) is 47.3. The first-order valence-electron chi connectivity index (χ1n) is 26.0. The van der Waals surface area contributed by atoms with Crippen LogP contribution in [0.3, 0.4) is 0 Å². The summed E-state index contributed by atoms with van der Waals surface area (Å²) in [5, 5.41) is 1.22. The summed E-state index contributed by atoms with van der Waals surface area (Å²) in [5.41, 5.74) is 22.9. The summed E-state index contributed by atoms with van der Waals surface area (Å²) in [7, 11) is 0. The summed E-state index contributed by atoms with van der Waals surface area (Å²) in [6.45, 7) is 36.6. The molecule has 4 atom stereocenters. The lowest BCUT2D eigenvalue weighted by Crippen LogP contribution is -2.64. The van der Waals surface area contributed by atoms with Gasteiger partial charge < -0.3 is 14.2 Å². The first kappa shape index (κ1) is 43.4. The Hall–Kier alpha value is -4.90. The number of nitrogens with zero attached hydrogens (tertiary/aromatic N) is 3. The molecule has 1 aromatic heterocycles. The molecule has 6 aliphatic rings. The third kappa shape index (κ3) is 5.49. The van der Waals surface area contributed by atoms with Crippen molar-refractivity contribution in [3.05, 3.63) is 118 Å². The molecule has 0 N–H and O–H groups in total. The van der Waals surface area contributed by atoms with Gasteiger partial charge in [0.2, 0.25) is 5.88 Å². The molecular weight excluding hydrogens is 814 g/mol. The van der Waals surface area contributed by atoms with Crippen molar-refractivity contribution in [2.75, 3.05) is 14.7 Å². The molecule has 0 bridgehead atoms. The molecule has 0 radical (unpaired) electrons. The zero-order valence-electron chi connectivity index (χ0n) is 43.5. The number of rotatable bonds is 2. The van der Waals surface area contributed by atoms with E-state index in [2.05, 4.69) is 197 Å². The molecule has 0 spiro atoms. The Labute approximate surface area is 402 Å². The van der Waals surface area contributed by atoms with Crippen LogP contribution in [0, 0.1) is 13.8 Å². The number of furan rings is 1. The van der Waals surface area contributed by atoms with Crippen molar-refractivity contribution in [1.82, 2.24) is 0 Å². The van der Waals surface area contributed by atoms with Gasteiger partial charge in [-0.15, -0.1) is 0 Å². The van der Waals surface area contributed by atoms with Crippen LogP contribution in [0.4, 0.5) is 40.0 Å². The molecule has 4 unspecified atom stereocenters. The molecule has 346 valence electrons. The van der Waals surface area contributed by atoms with Crippen molar-refractivity contribution >= 4 is 74.1 Å². The molecule has 67 heavy (non-hydrogen) atoms. The van der Waals surface area contributed by atoms with E-state index in [-0.39, 0.29) is 44.9 Å². The lowest BCUT2D eigenvalue weighted by molar-refractivity contribution is 0.194. The van der Waals surface area contributed by atoms with E-state index in [0.717, 1.165) is 17.9 Å². The highest BCUT2D eigenvalue weighted by Gasteiger charge is 2.63. The second-order valence-electron chi connectivity index (χ2n) is 26.2. The van der Waals surface area contributed by atoms with E-state index < -0.39 is 0 Å². The van der Waals surface area contributed by atoms with Gasteiger partial charge in [0.15, 0.2) is 0 Å². The Balaban J connectivity index is 1.24. The predicted octanol–water partition coefficient (Wildman–Crippen LogP) is 15.0. The van der Waals surface area contributed by atoms with E-state index in [0.29, 0.717) is 0 Å². The zero-order valence-corrected chi connectivity index (χ0v) is 43.5. The van der Waals surface area contributed by atoms with Crippen molar-refractivity contribution < 1.29 is 4.42 Å². The van der Waals surface area contributed by atoms with Crippen LogP contribution in [0.5, 0.6) is 0 Å². The van der Waals surface area contributed by atoms with E-state index in [4.69, 9.17) is 4.42 Å². The van der Waals surface area contributed by atoms with Crippen LogP contribution >= 0.6 is 0 Å². The summed E-state index contributed by atoms with van der Waals surface area (Å²) in [6, 6.07) is 32.0. The number of aryl methyl sites for hydroxylation is 2. The Morgan fingerprint density at radius 3 is 1.72 bits per heavy atom. The van der Waals surface area contributed by atoms with Crippen molar-refractivity contribution in [2.24, 2.45) is 0 Å². The summed E-state index contributed by atoms with van der Waals surface area (Å²) < 4.78 is 7.42. The van der Waals surface area contributed by atoms with Gasteiger partial charge >= 0.3 is 0 Å². The maximum Gasteiger partial charge on any atom is 0.257 e. The molecule has 5 aromatic carbocycles. The fourth-order valence-corrected chi connectivity index (χ4v) is 14.9. The third-order valence-corrected chi connectivity index (χ3v) is 19.2. The molecule has 6 aromatic rings. The van der Waals surface area contributed by atoms with Crippen LogP contribution in [0.1, 0.15) is 180 Å². The molecule has 2 aliphatic carbocycles. The lowest BCUT2D eigenvalue weighted by atomic mass is 9.33. The van der Waals surface area contributed by atoms with Gasteiger partial charge in [0.1, 0.15) is 5.58 Å². The molecule has 2 fully saturated rings. The van der Waals surface area contributed by atoms with Crippen LogP contribution in [0.25, 0.3) is 11.0 Å². The summed E-state index contributed by atoms with van der Waals surface area (Å²) in [4.78, 5) is 8.40. The van der Waals surface area contributed by atoms with Crippen LogP contribution in [0.2, 0.25) is 0 Å². The Morgan fingerprint density at radius 1 is 0.522 bits per heavy atom. The van der Waals surface area contributed by atoms with Gasteiger partial charge in [0, 0.05) is 50.1 Å². The Kier molecular flexibility index (Phi) is 8.71. The predicted molar refractivity (Wildman–Crippen MR) is 287 cm³/mol. The van der Waals surface area contributed by atoms with Gasteiger partial charge in [-0.2, -0.15) is 0 Å². The van der Waals surface area contributed by atoms with Gasteiger partial charge in [0.25, 0.3) is 6.71 Å². The number of fused-ring (bicyclic) bond motifs is 12. The molecule has 12 rings (SSSR count). The van der Waals surface area contributed by atoms with Crippen LogP contribution in [0.15, 0.2) is 83.3 Å². The molecular formula is C62H74BN3O. The monoisotopic (exact) mass is 888 g/mol. The van der Waals surface area contributed by atoms with Crippen molar-refractivity contribution in [3.63, 3.8) is 0 Å². The summed E-state index contributed by atoms with van der Waals surface area (Å²) >= 11 is 0. The molecule has 4 nitrogen and oxygen atoms in total. The highest BCUT2D eigenvalue weighted by atomic mass is 16.4. The van der Waals surface area contributed by atoms with Gasteiger partial charge in [-0.05, 0) is 144 Å². The Bertz CT molecular complexity index is 3090. The largest absolute Gasteiger partial charge is 0.440 e. The number of para-hydroxylation sites is 1. The highest BCUT2D eigenvalue weighted by molar-refractivity contribution is 7.01. The number of hydrogen-bond acceptors (Lipinski definition) is 4. The first-order valence-corrected chi connectivity index (χ1v) is 26.0. The van der Waals surface area contributed by atoms with E-state index in [1.807, 2.05) is 0 Å². The minimum absolute atomic E-state index is 0.00111. The highest BCUT2D eigenvalue weighted by Crippen LogP contribution is 2.65. The fourth-order valence-electron chi connectivity index (χ4n) is 14.9. The second-order valence-corrected chi connectivity index (χ2v) is 26.2. The van der Waals surface area contributed by atoms with Crippen LogP contribution in [-0.4, -0.2) is 17.8 Å². The van der Waals surface area contributed by atoms with Crippen molar-refractivity contribution in [2.45, 2.75) is 193 Å². The summed E-state index contributed by atoms with van der Waals surface area (Å²) in [5.74, 6) is 0.970. The first-order chi connectivity index (χ1) is 31.4. The Morgan fingerprint density at radius 2 is 1.07 bits per heavy atom. The van der Waals surface area contributed by atoms with Crippen molar-refractivity contribution in [1.29, 1.82) is 0 Å².